The van der Waals surface area contributed by atoms with E-state index < -0.39 is 11.6 Å². The summed E-state index contributed by atoms with van der Waals surface area (Å²) in [6, 6.07) is 9.55. The lowest BCUT2D eigenvalue weighted by Gasteiger charge is -2.46. The highest BCUT2D eigenvalue weighted by atomic mass is 19.1. The standard InChI is InChI=1S/C21H21F2N5O/c1-14-3-4-17(27-6-2-5-21(27)11-29-12-21)10-19(14)25-20-24-13-28(26-20)18-8-15(22)7-16(23)9-18/h3-4,7-10,13H,2,5-6,11-12H2,1H3,(H,25,26). The van der Waals surface area contributed by atoms with Gasteiger partial charge in [-0.05, 0) is 49.6 Å². The molecule has 1 aromatic heterocycles. The number of anilines is 3. The van der Waals surface area contributed by atoms with Crippen molar-refractivity contribution in [2.24, 2.45) is 0 Å². The van der Waals surface area contributed by atoms with Crippen LogP contribution in [0.15, 0.2) is 42.7 Å². The van der Waals surface area contributed by atoms with Gasteiger partial charge >= 0.3 is 0 Å². The molecule has 1 N–H and O–H groups in total. The molecule has 0 unspecified atom stereocenters. The molecular formula is C21H21F2N5O. The molecule has 3 aromatic rings. The van der Waals surface area contributed by atoms with Crippen molar-refractivity contribution in [1.29, 1.82) is 0 Å². The molecular weight excluding hydrogens is 376 g/mol. The number of aryl methyl sites for hydroxylation is 1. The van der Waals surface area contributed by atoms with Gasteiger partial charge in [-0.2, -0.15) is 4.98 Å². The Kier molecular flexibility index (Phi) is 4.24. The highest BCUT2D eigenvalue weighted by Gasteiger charge is 2.47. The first-order valence-corrected chi connectivity index (χ1v) is 9.64. The Morgan fingerprint density at radius 2 is 1.86 bits per heavy atom. The molecule has 8 heteroatoms. The van der Waals surface area contributed by atoms with Crippen LogP contribution >= 0.6 is 0 Å². The van der Waals surface area contributed by atoms with Gasteiger partial charge in [-0.3, -0.25) is 0 Å². The Hall–Kier alpha value is -3.00. The van der Waals surface area contributed by atoms with Crippen molar-refractivity contribution in [2.45, 2.75) is 25.3 Å². The molecule has 1 spiro atoms. The molecule has 5 rings (SSSR count). The van der Waals surface area contributed by atoms with Crippen LogP contribution in [0, 0.1) is 18.6 Å². The second kappa shape index (κ2) is 6.81. The summed E-state index contributed by atoms with van der Waals surface area (Å²) in [6.07, 6.45) is 3.74. The summed E-state index contributed by atoms with van der Waals surface area (Å²) in [6.45, 7) is 4.58. The average molecular weight is 397 g/mol. The number of hydrogen-bond acceptors (Lipinski definition) is 5. The van der Waals surface area contributed by atoms with Crippen molar-refractivity contribution in [3.8, 4) is 5.69 Å². The molecule has 0 bridgehead atoms. The van der Waals surface area contributed by atoms with Crippen molar-refractivity contribution in [3.63, 3.8) is 0 Å². The van der Waals surface area contributed by atoms with E-state index in [2.05, 4.69) is 38.5 Å². The molecule has 0 saturated carbocycles. The molecule has 0 atom stereocenters. The molecule has 2 saturated heterocycles. The van der Waals surface area contributed by atoms with Gasteiger partial charge in [0, 0.05) is 24.0 Å². The number of halogens is 2. The van der Waals surface area contributed by atoms with E-state index in [1.54, 1.807) is 0 Å². The summed E-state index contributed by atoms with van der Waals surface area (Å²) in [5.74, 6) is -0.959. The largest absolute Gasteiger partial charge is 0.376 e. The van der Waals surface area contributed by atoms with E-state index in [1.807, 2.05) is 6.92 Å². The molecule has 0 amide bonds. The van der Waals surface area contributed by atoms with Crippen LogP contribution in [-0.4, -0.2) is 40.1 Å². The fraction of sp³-hybridized carbons (Fsp3) is 0.333. The predicted octanol–water partition coefficient (Wildman–Crippen LogP) is 3.97. The van der Waals surface area contributed by atoms with Crippen molar-refractivity contribution >= 4 is 17.3 Å². The fourth-order valence-corrected chi connectivity index (χ4v) is 4.13. The molecule has 2 aromatic carbocycles. The zero-order valence-electron chi connectivity index (χ0n) is 16.0. The first kappa shape index (κ1) is 18.1. The summed E-state index contributed by atoms with van der Waals surface area (Å²) in [4.78, 5) is 6.67. The third kappa shape index (κ3) is 3.23. The SMILES string of the molecule is Cc1ccc(N2CCCC23COC3)cc1Nc1ncn(-c2cc(F)cc(F)c2)n1. The van der Waals surface area contributed by atoms with E-state index in [9.17, 15) is 8.78 Å². The number of hydrogen-bond donors (Lipinski definition) is 1. The zero-order chi connectivity index (χ0) is 20.0. The van der Waals surface area contributed by atoms with Crippen LogP contribution in [0.3, 0.4) is 0 Å². The van der Waals surface area contributed by atoms with E-state index in [-0.39, 0.29) is 11.2 Å². The minimum Gasteiger partial charge on any atom is -0.376 e. The number of nitrogens with one attached hydrogen (secondary N) is 1. The number of benzene rings is 2. The number of ether oxygens (including phenoxy) is 1. The maximum Gasteiger partial charge on any atom is 0.246 e. The molecule has 150 valence electrons. The molecule has 2 aliphatic rings. The van der Waals surface area contributed by atoms with Gasteiger partial charge in [0.1, 0.15) is 18.0 Å². The fourth-order valence-electron chi connectivity index (χ4n) is 4.13. The highest BCUT2D eigenvalue weighted by molar-refractivity contribution is 5.67. The van der Waals surface area contributed by atoms with Gasteiger partial charge in [0.05, 0.1) is 24.4 Å². The van der Waals surface area contributed by atoms with Gasteiger partial charge in [-0.15, -0.1) is 5.10 Å². The summed E-state index contributed by atoms with van der Waals surface area (Å²) < 4.78 is 33.8. The van der Waals surface area contributed by atoms with E-state index in [0.717, 1.165) is 55.6 Å². The first-order chi connectivity index (χ1) is 14.0. The third-order valence-electron chi connectivity index (χ3n) is 5.72. The van der Waals surface area contributed by atoms with Gasteiger partial charge in [0.2, 0.25) is 5.95 Å². The van der Waals surface area contributed by atoms with Crippen LogP contribution in [0.1, 0.15) is 18.4 Å². The summed E-state index contributed by atoms with van der Waals surface area (Å²) in [5.41, 5.74) is 3.50. The van der Waals surface area contributed by atoms with Gasteiger partial charge < -0.3 is 15.0 Å². The van der Waals surface area contributed by atoms with Gasteiger partial charge in [0.15, 0.2) is 0 Å². The number of rotatable bonds is 4. The molecule has 2 fully saturated rings. The summed E-state index contributed by atoms with van der Waals surface area (Å²) in [7, 11) is 0. The van der Waals surface area contributed by atoms with Crippen LogP contribution in [0.25, 0.3) is 5.69 Å². The Morgan fingerprint density at radius 1 is 1.07 bits per heavy atom. The van der Waals surface area contributed by atoms with Crippen LogP contribution in [0.5, 0.6) is 0 Å². The Bertz CT molecular complexity index is 1040. The third-order valence-corrected chi connectivity index (χ3v) is 5.72. The van der Waals surface area contributed by atoms with Crippen LogP contribution < -0.4 is 10.2 Å². The maximum atomic E-state index is 13.5. The lowest BCUT2D eigenvalue weighted by molar-refractivity contribution is -0.0505. The van der Waals surface area contributed by atoms with Crippen molar-refractivity contribution in [1.82, 2.24) is 14.8 Å². The van der Waals surface area contributed by atoms with E-state index in [1.165, 1.54) is 23.1 Å². The van der Waals surface area contributed by atoms with Gasteiger partial charge in [-0.25, -0.2) is 13.5 Å². The van der Waals surface area contributed by atoms with Crippen molar-refractivity contribution in [3.05, 3.63) is 59.9 Å². The second-order valence-electron chi connectivity index (χ2n) is 7.74. The minimum absolute atomic E-state index is 0.133. The minimum atomic E-state index is -0.659. The van der Waals surface area contributed by atoms with E-state index in [0.29, 0.717) is 5.95 Å². The molecule has 2 aliphatic heterocycles. The molecule has 3 heterocycles. The van der Waals surface area contributed by atoms with Gasteiger partial charge in [0.25, 0.3) is 0 Å². The summed E-state index contributed by atoms with van der Waals surface area (Å²) in [5, 5.41) is 7.54. The van der Waals surface area contributed by atoms with Crippen LogP contribution in [0.4, 0.5) is 26.1 Å². The molecule has 0 radical (unpaired) electrons. The van der Waals surface area contributed by atoms with Crippen LogP contribution in [-0.2, 0) is 4.74 Å². The smallest absolute Gasteiger partial charge is 0.246 e. The molecule has 6 nitrogen and oxygen atoms in total. The van der Waals surface area contributed by atoms with E-state index >= 15 is 0 Å². The average Bonchev–Trinajstić information content (AvgIpc) is 3.29. The topological polar surface area (TPSA) is 55.2 Å². The van der Waals surface area contributed by atoms with Crippen molar-refractivity contribution in [2.75, 3.05) is 30.0 Å². The Labute approximate surface area is 167 Å². The monoisotopic (exact) mass is 397 g/mol. The lowest BCUT2D eigenvalue weighted by atomic mass is 9.93. The maximum absolute atomic E-state index is 13.5. The Balaban J connectivity index is 1.40. The van der Waals surface area contributed by atoms with Crippen LogP contribution in [0.2, 0.25) is 0 Å². The number of aromatic nitrogens is 3. The predicted molar refractivity (Wildman–Crippen MR) is 106 cm³/mol. The summed E-state index contributed by atoms with van der Waals surface area (Å²) >= 11 is 0. The van der Waals surface area contributed by atoms with E-state index in [4.69, 9.17) is 4.74 Å². The Morgan fingerprint density at radius 3 is 2.59 bits per heavy atom. The second-order valence-corrected chi connectivity index (χ2v) is 7.74. The normalized spacial score (nSPS) is 17.6. The molecule has 29 heavy (non-hydrogen) atoms. The lowest BCUT2D eigenvalue weighted by Crippen LogP contribution is -2.59. The first-order valence-electron chi connectivity index (χ1n) is 9.64. The molecule has 0 aliphatic carbocycles. The zero-order valence-corrected chi connectivity index (χ0v) is 16.0. The highest BCUT2D eigenvalue weighted by Crippen LogP contribution is 2.40. The van der Waals surface area contributed by atoms with Gasteiger partial charge in [-0.1, -0.05) is 6.07 Å². The number of nitrogens with zero attached hydrogens (tertiary/aromatic N) is 4. The quantitative estimate of drug-likeness (QED) is 0.722. The van der Waals surface area contributed by atoms with Crippen molar-refractivity contribution < 1.29 is 13.5 Å².